The Kier molecular flexibility index (Phi) is 4.93. The van der Waals surface area contributed by atoms with Crippen LogP contribution in [0.3, 0.4) is 0 Å². The van der Waals surface area contributed by atoms with Gasteiger partial charge in [0.05, 0.1) is 11.8 Å². The van der Waals surface area contributed by atoms with Crippen molar-refractivity contribution in [3.8, 4) is 11.5 Å². The van der Waals surface area contributed by atoms with Crippen LogP contribution in [-0.2, 0) is 25.7 Å². The Morgan fingerprint density at radius 1 is 1.14 bits per heavy atom. The molecule has 1 aliphatic carbocycles. The van der Waals surface area contributed by atoms with Gasteiger partial charge in [-0.25, -0.2) is 4.79 Å². The van der Waals surface area contributed by atoms with Gasteiger partial charge in [0.25, 0.3) is 5.89 Å². The van der Waals surface area contributed by atoms with Gasteiger partial charge in [-0.05, 0) is 31.9 Å². The SMILES string of the molecule is C[C@@H](C(=O)OCc1nnc(-c2ccccc2)o1)N1C(=O)[C@H]2CCCC[C@@H]2C1=O. The molecule has 8 heteroatoms. The molecule has 2 fully saturated rings. The second kappa shape index (κ2) is 7.53. The molecule has 4 rings (SSSR count). The monoisotopic (exact) mass is 383 g/mol. The van der Waals surface area contributed by atoms with E-state index in [1.165, 1.54) is 6.92 Å². The Morgan fingerprint density at radius 2 is 1.79 bits per heavy atom. The number of fused-ring (bicyclic) bond motifs is 1. The van der Waals surface area contributed by atoms with E-state index in [-0.39, 0.29) is 36.1 Å². The fraction of sp³-hybridized carbons (Fsp3) is 0.450. The van der Waals surface area contributed by atoms with E-state index in [1.807, 2.05) is 30.3 Å². The zero-order valence-corrected chi connectivity index (χ0v) is 15.5. The fourth-order valence-corrected chi connectivity index (χ4v) is 3.94. The lowest BCUT2D eigenvalue weighted by Gasteiger charge is -2.21. The molecule has 1 aromatic heterocycles. The minimum absolute atomic E-state index is 0.146. The van der Waals surface area contributed by atoms with E-state index in [9.17, 15) is 14.4 Å². The minimum atomic E-state index is -0.970. The van der Waals surface area contributed by atoms with Gasteiger partial charge < -0.3 is 9.15 Å². The highest BCUT2D eigenvalue weighted by Crippen LogP contribution is 2.38. The summed E-state index contributed by atoms with van der Waals surface area (Å²) in [7, 11) is 0. The largest absolute Gasteiger partial charge is 0.454 e. The normalized spacial score (nSPS) is 22.8. The van der Waals surface area contributed by atoms with E-state index < -0.39 is 12.0 Å². The van der Waals surface area contributed by atoms with Crippen molar-refractivity contribution >= 4 is 17.8 Å². The molecule has 0 N–H and O–H groups in total. The Labute approximate surface area is 161 Å². The van der Waals surface area contributed by atoms with E-state index in [2.05, 4.69) is 10.2 Å². The average Bonchev–Trinajstić information content (AvgIpc) is 3.30. The quantitative estimate of drug-likeness (QED) is 0.577. The van der Waals surface area contributed by atoms with E-state index in [0.717, 1.165) is 23.3 Å². The van der Waals surface area contributed by atoms with Gasteiger partial charge in [0, 0.05) is 5.56 Å². The van der Waals surface area contributed by atoms with Gasteiger partial charge in [0.1, 0.15) is 6.04 Å². The van der Waals surface area contributed by atoms with Gasteiger partial charge in [-0.15, -0.1) is 10.2 Å². The van der Waals surface area contributed by atoms with Crippen LogP contribution in [0.25, 0.3) is 11.5 Å². The lowest BCUT2D eigenvalue weighted by atomic mass is 9.81. The molecule has 8 nitrogen and oxygen atoms in total. The van der Waals surface area contributed by atoms with Gasteiger partial charge in [-0.2, -0.15) is 0 Å². The van der Waals surface area contributed by atoms with Crippen molar-refractivity contribution in [3.05, 3.63) is 36.2 Å². The Morgan fingerprint density at radius 3 is 2.43 bits per heavy atom. The molecule has 2 amide bonds. The standard InChI is InChI=1S/C20H21N3O5/c1-12(23-18(24)14-9-5-6-10-15(14)19(23)25)20(26)27-11-16-21-22-17(28-16)13-7-3-2-4-8-13/h2-4,7-8,12,14-15H,5-6,9-11H2,1H3/t12-,14-,15-/m0/s1. The van der Waals surface area contributed by atoms with Gasteiger partial charge in [0.15, 0.2) is 6.61 Å². The van der Waals surface area contributed by atoms with Crippen molar-refractivity contribution in [1.82, 2.24) is 15.1 Å². The molecule has 0 unspecified atom stereocenters. The number of hydrogen-bond donors (Lipinski definition) is 0. The number of ether oxygens (including phenoxy) is 1. The summed E-state index contributed by atoms with van der Waals surface area (Å²) in [5.74, 6) is -1.30. The van der Waals surface area contributed by atoms with E-state index >= 15 is 0 Å². The molecule has 1 saturated heterocycles. The van der Waals surface area contributed by atoms with Crippen molar-refractivity contribution in [1.29, 1.82) is 0 Å². The summed E-state index contributed by atoms with van der Waals surface area (Å²) in [5.41, 5.74) is 0.761. The van der Waals surface area contributed by atoms with Crippen LogP contribution in [0.5, 0.6) is 0 Å². The highest BCUT2D eigenvalue weighted by atomic mass is 16.5. The van der Waals surface area contributed by atoms with Gasteiger partial charge in [-0.3, -0.25) is 14.5 Å². The van der Waals surface area contributed by atoms with Crippen molar-refractivity contribution < 1.29 is 23.5 Å². The van der Waals surface area contributed by atoms with Crippen LogP contribution in [0.1, 0.15) is 38.5 Å². The number of likely N-dealkylation sites (tertiary alicyclic amines) is 1. The molecule has 1 saturated carbocycles. The zero-order valence-electron chi connectivity index (χ0n) is 15.5. The number of carbonyl (C=O) groups is 3. The van der Waals surface area contributed by atoms with Crippen LogP contribution in [0, 0.1) is 11.8 Å². The summed E-state index contributed by atoms with van der Waals surface area (Å²) in [6.07, 6.45) is 3.29. The predicted molar refractivity (Wildman–Crippen MR) is 96.3 cm³/mol. The average molecular weight is 383 g/mol. The highest BCUT2D eigenvalue weighted by molar-refractivity contribution is 6.07. The Balaban J connectivity index is 1.38. The Bertz CT molecular complexity index is 870. The molecule has 0 radical (unpaired) electrons. The first kappa shape index (κ1) is 18.3. The van der Waals surface area contributed by atoms with Crippen LogP contribution < -0.4 is 0 Å². The lowest BCUT2D eigenvalue weighted by Crippen LogP contribution is -2.44. The molecule has 28 heavy (non-hydrogen) atoms. The second-order valence-electron chi connectivity index (χ2n) is 7.19. The van der Waals surface area contributed by atoms with Crippen LogP contribution >= 0.6 is 0 Å². The number of carbonyl (C=O) groups excluding carboxylic acids is 3. The zero-order chi connectivity index (χ0) is 19.7. The van der Waals surface area contributed by atoms with Gasteiger partial charge in [-0.1, -0.05) is 31.0 Å². The third-order valence-electron chi connectivity index (χ3n) is 5.43. The fourth-order valence-electron chi connectivity index (χ4n) is 3.94. The van der Waals surface area contributed by atoms with Crippen LogP contribution in [0.4, 0.5) is 0 Å². The molecule has 146 valence electrons. The molecular weight excluding hydrogens is 362 g/mol. The molecule has 1 aromatic carbocycles. The molecule has 2 aromatic rings. The number of nitrogens with zero attached hydrogens (tertiary/aromatic N) is 3. The van der Waals surface area contributed by atoms with Gasteiger partial charge >= 0.3 is 5.97 Å². The number of amides is 2. The molecule has 1 aliphatic heterocycles. The topological polar surface area (TPSA) is 103 Å². The molecule has 0 bridgehead atoms. The second-order valence-corrected chi connectivity index (χ2v) is 7.19. The summed E-state index contributed by atoms with van der Waals surface area (Å²) in [5, 5.41) is 7.80. The third kappa shape index (κ3) is 3.30. The Hall–Kier alpha value is -3.03. The maximum Gasteiger partial charge on any atom is 0.329 e. The number of aromatic nitrogens is 2. The van der Waals surface area contributed by atoms with Crippen LogP contribution in [0.2, 0.25) is 0 Å². The summed E-state index contributed by atoms with van der Waals surface area (Å²) in [6.45, 7) is 1.30. The first-order valence-corrected chi connectivity index (χ1v) is 9.47. The summed E-state index contributed by atoms with van der Waals surface area (Å²) >= 11 is 0. The number of rotatable bonds is 5. The molecule has 2 aliphatic rings. The van der Waals surface area contributed by atoms with Gasteiger partial charge in [0.2, 0.25) is 17.7 Å². The van der Waals surface area contributed by atoms with Crippen molar-refractivity contribution in [2.75, 3.05) is 0 Å². The van der Waals surface area contributed by atoms with Crippen LogP contribution in [-0.4, -0.2) is 38.9 Å². The smallest absolute Gasteiger partial charge is 0.329 e. The van der Waals surface area contributed by atoms with Crippen molar-refractivity contribution in [3.63, 3.8) is 0 Å². The lowest BCUT2D eigenvalue weighted by molar-refractivity contribution is -0.159. The minimum Gasteiger partial charge on any atom is -0.454 e. The molecule has 0 spiro atoms. The van der Waals surface area contributed by atoms with E-state index in [0.29, 0.717) is 18.7 Å². The number of esters is 1. The summed E-state index contributed by atoms with van der Waals surface area (Å²) < 4.78 is 10.7. The van der Waals surface area contributed by atoms with Crippen molar-refractivity contribution in [2.45, 2.75) is 45.3 Å². The predicted octanol–water partition coefficient (Wildman–Crippen LogP) is 2.34. The first-order chi connectivity index (χ1) is 13.6. The first-order valence-electron chi connectivity index (χ1n) is 9.47. The van der Waals surface area contributed by atoms with Crippen molar-refractivity contribution in [2.24, 2.45) is 11.8 Å². The molecular formula is C20H21N3O5. The number of hydrogen-bond acceptors (Lipinski definition) is 7. The maximum absolute atomic E-state index is 12.6. The summed E-state index contributed by atoms with van der Waals surface area (Å²) in [4.78, 5) is 38.7. The van der Waals surface area contributed by atoms with E-state index in [1.54, 1.807) is 0 Å². The highest BCUT2D eigenvalue weighted by Gasteiger charge is 2.51. The molecule has 3 atom stereocenters. The molecule has 2 heterocycles. The number of imide groups is 1. The maximum atomic E-state index is 12.6. The van der Waals surface area contributed by atoms with E-state index in [4.69, 9.17) is 9.15 Å². The number of benzene rings is 1. The van der Waals surface area contributed by atoms with Crippen LogP contribution in [0.15, 0.2) is 34.7 Å². The summed E-state index contributed by atoms with van der Waals surface area (Å²) in [6, 6.07) is 8.26. The third-order valence-corrected chi connectivity index (χ3v) is 5.43.